The van der Waals surface area contributed by atoms with Crippen LogP contribution in [0.25, 0.3) is 11.0 Å². The molecule has 0 spiro atoms. The molecule has 0 saturated carbocycles. The van der Waals surface area contributed by atoms with Crippen molar-refractivity contribution in [1.29, 1.82) is 0 Å². The molecule has 9 nitrogen and oxygen atoms in total. The normalized spacial score (nSPS) is 19.8. The third-order valence-electron chi connectivity index (χ3n) is 6.92. The third kappa shape index (κ3) is 4.54. The molecule has 3 atom stereocenters. The minimum Gasteiger partial charge on any atom is -0.508 e. The van der Waals surface area contributed by atoms with Crippen LogP contribution in [0.2, 0.25) is 0 Å². The number of hydrogen-bond acceptors (Lipinski definition) is 9. The van der Waals surface area contributed by atoms with Crippen LogP contribution in [0.1, 0.15) is 41.9 Å². The molecule has 0 amide bonds. The highest BCUT2D eigenvalue weighted by Gasteiger charge is 2.41. The van der Waals surface area contributed by atoms with Crippen LogP contribution < -0.4 is 15.9 Å². The fourth-order valence-corrected chi connectivity index (χ4v) is 4.73. The number of anilines is 1. The molecule has 2 heterocycles. The number of aliphatic hydroxyl groups is 2. The molecule has 0 aliphatic carbocycles. The van der Waals surface area contributed by atoms with E-state index in [0.29, 0.717) is 24.1 Å². The van der Waals surface area contributed by atoms with E-state index >= 15 is 0 Å². The van der Waals surface area contributed by atoms with Gasteiger partial charge in [-0.05, 0) is 55.2 Å². The van der Waals surface area contributed by atoms with Crippen LogP contribution >= 0.6 is 0 Å². The number of ether oxygens (including phenoxy) is 1. The maximum Gasteiger partial charge on any atom is 0.196 e. The zero-order valence-corrected chi connectivity index (χ0v) is 20.0. The molecular weight excluding hydrogens is 478 g/mol. The SMILES string of the molecule is CC1(CCc2ccc(N)cc2)Oc2cc3oc(C(O)c4cc(O)cc(O)c4)cc(=O)c3c(O)c2CC1O. The van der Waals surface area contributed by atoms with Gasteiger partial charge in [0.2, 0.25) is 0 Å². The predicted octanol–water partition coefficient (Wildman–Crippen LogP) is 3.26. The number of benzene rings is 3. The molecule has 0 saturated heterocycles. The second-order valence-corrected chi connectivity index (χ2v) is 9.65. The Morgan fingerprint density at radius 1 is 1.05 bits per heavy atom. The molecule has 7 N–H and O–H groups in total. The van der Waals surface area contributed by atoms with E-state index in [1.54, 1.807) is 6.92 Å². The van der Waals surface area contributed by atoms with Gasteiger partial charge in [0.05, 0.1) is 6.10 Å². The summed E-state index contributed by atoms with van der Waals surface area (Å²) < 4.78 is 12.0. The van der Waals surface area contributed by atoms with Crippen LogP contribution in [0.4, 0.5) is 5.69 Å². The van der Waals surface area contributed by atoms with Crippen molar-refractivity contribution in [3.8, 4) is 23.0 Å². The zero-order valence-electron chi connectivity index (χ0n) is 20.0. The molecule has 3 aromatic carbocycles. The van der Waals surface area contributed by atoms with E-state index in [2.05, 4.69) is 0 Å². The number of aryl methyl sites for hydroxylation is 1. The van der Waals surface area contributed by atoms with Crippen molar-refractivity contribution in [3.63, 3.8) is 0 Å². The van der Waals surface area contributed by atoms with Crippen molar-refractivity contribution < 1.29 is 34.7 Å². The molecule has 192 valence electrons. The summed E-state index contributed by atoms with van der Waals surface area (Å²) in [6.07, 6.45) is -1.25. The van der Waals surface area contributed by atoms with Crippen molar-refractivity contribution in [3.05, 3.63) is 87.3 Å². The van der Waals surface area contributed by atoms with Gasteiger partial charge >= 0.3 is 0 Å². The summed E-state index contributed by atoms with van der Waals surface area (Å²) in [5, 5.41) is 52.0. The summed E-state index contributed by atoms with van der Waals surface area (Å²) in [5.41, 5.74) is 6.25. The van der Waals surface area contributed by atoms with Crippen LogP contribution in [0, 0.1) is 0 Å². The van der Waals surface area contributed by atoms with E-state index in [-0.39, 0.29) is 51.7 Å². The maximum absolute atomic E-state index is 12.9. The monoisotopic (exact) mass is 505 g/mol. The van der Waals surface area contributed by atoms with E-state index in [1.165, 1.54) is 18.2 Å². The lowest BCUT2D eigenvalue weighted by Crippen LogP contribution is -2.49. The van der Waals surface area contributed by atoms with Gasteiger partial charge in [-0.15, -0.1) is 0 Å². The van der Waals surface area contributed by atoms with E-state index in [4.69, 9.17) is 14.9 Å². The van der Waals surface area contributed by atoms with Crippen LogP contribution in [-0.2, 0) is 12.8 Å². The van der Waals surface area contributed by atoms with Crippen molar-refractivity contribution in [2.24, 2.45) is 0 Å². The van der Waals surface area contributed by atoms with Gasteiger partial charge in [-0.3, -0.25) is 4.79 Å². The second kappa shape index (κ2) is 9.02. The molecule has 5 rings (SSSR count). The summed E-state index contributed by atoms with van der Waals surface area (Å²) in [6.45, 7) is 1.78. The Hall–Kier alpha value is -4.21. The summed E-state index contributed by atoms with van der Waals surface area (Å²) in [4.78, 5) is 12.9. The molecule has 3 unspecified atom stereocenters. The number of hydrogen-bond donors (Lipinski definition) is 6. The number of aliphatic hydroxyl groups excluding tert-OH is 2. The Bertz CT molecular complexity index is 1520. The molecule has 4 aromatic rings. The highest BCUT2D eigenvalue weighted by molar-refractivity contribution is 5.87. The number of nitrogens with two attached hydrogens (primary N) is 1. The van der Waals surface area contributed by atoms with E-state index in [9.17, 15) is 30.3 Å². The molecule has 1 aliphatic rings. The lowest BCUT2D eigenvalue weighted by Gasteiger charge is -2.40. The lowest BCUT2D eigenvalue weighted by atomic mass is 9.84. The summed E-state index contributed by atoms with van der Waals surface area (Å²) in [6, 6.07) is 13.5. The Labute approximate surface area is 211 Å². The molecule has 0 fully saturated rings. The van der Waals surface area contributed by atoms with Gasteiger partial charge in [-0.1, -0.05) is 12.1 Å². The van der Waals surface area contributed by atoms with Gasteiger partial charge < -0.3 is 40.4 Å². The average Bonchev–Trinajstić information content (AvgIpc) is 2.84. The smallest absolute Gasteiger partial charge is 0.196 e. The topological polar surface area (TPSA) is 167 Å². The first-order valence-corrected chi connectivity index (χ1v) is 11.8. The van der Waals surface area contributed by atoms with E-state index < -0.39 is 23.2 Å². The van der Waals surface area contributed by atoms with E-state index in [1.807, 2.05) is 24.3 Å². The Morgan fingerprint density at radius 2 is 1.73 bits per heavy atom. The van der Waals surface area contributed by atoms with Crippen LogP contribution in [-0.4, -0.2) is 37.2 Å². The number of aromatic hydroxyl groups is 3. The minimum atomic E-state index is -1.47. The van der Waals surface area contributed by atoms with Gasteiger partial charge in [0.1, 0.15) is 51.4 Å². The Balaban J connectivity index is 1.50. The van der Waals surface area contributed by atoms with Gasteiger partial charge in [-0.2, -0.15) is 0 Å². The van der Waals surface area contributed by atoms with Crippen molar-refractivity contribution in [1.82, 2.24) is 0 Å². The first kappa shape index (κ1) is 24.5. The third-order valence-corrected chi connectivity index (χ3v) is 6.92. The number of rotatable bonds is 5. The quantitative estimate of drug-likeness (QED) is 0.223. The minimum absolute atomic E-state index is 0.0144. The highest BCUT2D eigenvalue weighted by atomic mass is 16.5. The lowest BCUT2D eigenvalue weighted by molar-refractivity contribution is -0.0595. The fraction of sp³-hybridized carbons (Fsp3) is 0.250. The predicted molar refractivity (Wildman–Crippen MR) is 136 cm³/mol. The van der Waals surface area contributed by atoms with Crippen molar-refractivity contribution >= 4 is 16.7 Å². The summed E-state index contributed by atoms with van der Waals surface area (Å²) in [5.74, 6) is -0.774. The number of nitrogen functional groups attached to an aromatic ring is 1. The number of fused-ring (bicyclic) bond motifs is 2. The van der Waals surface area contributed by atoms with E-state index in [0.717, 1.165) is 17.7 Å². The molecule has 37 heavy (non-hydrogen) atoms. The van der Waals surface area contributed by atoms with Crippen LogP contribution in [0.3, 0.4) is 0 Å². The maximum atomic E-state index is 12.9. The molecule has 0 bridgehead atoms. The van der Waals surface area contributed by atoms with Crippen molar-refractivity contribution in [2.75, 3.05) is 5.73 Å². The standard InChI is InChI=1S/C28H27NO8/c1-28(7-6-14-2-4-16(29)5-3-14)24(33)11-19-21(37-28)13-22-25(27(19)35)20(32)12-23(36-22)26(34)15-8-17(30)10-18(31)9-15/h2-5,8-10,12-13,24,26,30-31,33-35H,6-7,11,29H2,1H3. The van der Waals surface area contributed by atoms with Gasteiger partial charge in [0.25, 0.3) is 0 Å². The first-order chi connectivity index (χ1) is 17.5. The largest absolute Gasteiger partial charge is 0.508 e. The summed E-state index contributed by atoms with van der Waals surface area (Å²) in [7, 11) is 0. The number of phenolic OH excluding ortho intramolecular Hbond substituents is 3. The zero-order chi connectivity index (χ0) is 26.5. The highest BCUT2D eigenvalue weighted by Crippen LogP contribution is 2.44. The molecule has 9 heteroatoms. The summed E-state index contributed by atoms with van der Waals surface area (Å²) >= 11 is 0. The van der Waals surface area contributed by atoms with Gasteiger partial charge in [0.15, 0.2) is 5.43 Å². The van der Waals surface area contributed by atoms with Crippen LogP contribution in [0.15, 0.2) is 63.8 Å². The van der Waals surface area contributed by atoms with Crippen LogP contribution in [0.5, 0.6) is 23.0 Å². The fourth-order valence-electron chi connectivity index (χ4n) is 4.73. The number of phenols is 3. The second-order valence-electron chi connectivity index (χ2n) is 9.65. The van der Waals surface area contributed by atoms with Gasteiger partial charge in [-0.25, -0.2) is 0 Å². The molecular formula is C28H27NO8. The Kier molecular flexibility index (Phi) is 5.97. The average molecular weight is 506 g/mol. The molecule has 0 radical (unpaired) electrons. The molecule has 1 aromatic heterocycles. The molecule has 1 aliphatic heterocycles. The Morgan fingerprint density at radius 3 is 2.41 bits per heavy atom. The van der Waals surface area contributed by atoms with Gasteiger partial charge in [0, 0.05) is 35.9 Å². The van der Waals surface area contributed by atoms with Crippen molar-refractivity contribution in [2.45, 2.75) is 44.0 Å². The first-order valence-electron chi connectivity index (χ1n) is 11.8.